The van der Waals surface area contributed by atoms with Gasteiger partial charge >= 0.3 is 6.98 Å². The van der Waals surface area contributed by atoms with Crippen LogP contribution in [0, 0.1) is 12.3 Å². The van der Waals surface area contributed by atoms with E-state index in [1.54, 1.807) is 0 Å². The molecule has 0 radical (unpaired) electrons. The van der Waals surface area contributed by atoms with Gasteiger partial charge in [0.1, 0.15) is 6.54 Å². The second-order valence-corrected chi connectivity index (χ2v) is 2.25. The normalized spacial score (nSPS) is 14.3. The highest BCUT2D eigenvalue weighted by Crippen LogP contribution is 2.03. The second-order valence-electron chi connectivity index (χ2n) is 2.25. The molecule has 0 rings (SSSR count). The summed E-state index contributed by atoms with van der Waals surface area (Å²) in [6.45, 7) is -4.56. The quantitative estimate of drug-likeness (QED) is 0.410. The highest BCUT2D eigenvalue weighted by Gasteiger charge is 2.27. The summed E-state index contributed by atoms with van der Waals surface area (Å²) in [6, 6.07) is 0. The molecule has 0 spiro atoms. The van der Waals surface area contributed by atoms with Gasteiger partial charge in [0.15, 0.2) is 0 Å². The average molecular weight is 151 g/mol. The van der Waals surface area contributed by atoms with E-state index in [4.69, 9.17) is 6.42 Å². The third kappa shape index (κ3) is 5.51. The highest BCUT2D eigenvalue weighted by molar-refractivity contribution is 6.58. The number of rotatable bonds is 3. The topological polar surface area (TPSA) is 4.44 Å². The molecule has 5 heteroatoms. The van der Waals surface area contributed by atoms with Crippen molar-refractivity contribution in [1.82, 2.24) is 0 Å². The Balaban J connectivity index is 3.60. The van der Waals surface area contributed by atoms with Gasteiger partial charge in [-0.3, -0.25) is 0 Å². The van der Waals surface area contributed by atoms with E-state index >= 15 is 0 Å². The first-order valence-corrected chi connectivity index (χ1v) is 2.91. The predicted octanol–water partition coefficient (Wildman–Crippen LogP) is -0.479. The molecule has 0 saturated heterocycles. The molecular weight excluding hydrogens is 142 g/mol. The molecule has 58 valence electrons. The molecule has 0 aliphatic rings. The van der Waals surface area contributed by atoms with Gasteiger partial charge in [-0.05, 0) is 5.92 Å². The minimum Gasteiger partial charge on any atom is -0.445 e. The molecule has 10 heavy (non-hydrogen) atoms. The lowest BCUT2D eigenvalue weighted by molar-refractivity contribution is -0.862. The Morgan fingerprint density at radius 1 is 1.50 bits per heavy atom. The molecule has 0 aliphatic carbocycles. The highest BCUT2D eigenvalue weighted by atomic mass is 19.4. The molecule has 0 aromatic heterocycles. The largest absolute Gasteiger partial charge is 0.531 e. The number of halogens is 3. The zero-order valence-corrected chi connectivity index (χ0v) is 5.70. The maximum absolute atomic E-state index is 11.6. The summed E-state index contributed by atoms with van der Waals surface area (Å²) in [4.78, 5) is 0.315. The first-order valence-electron chi connectivity index (χ1n) is 2.91. The lowest BCUT2D eigenvalue weighted by Gasteiger charge is -2.18. The third-order valence-corrected chi connectivity index (χ3v) is 0.984. The maximum atomic E-state index is 11.6. The van der Waals surface area contributed by atoms with Gasteiger partial charge in [0.25, 0.3) is 0 Å². The van der Waals surface area contributed by atoms with Gasteiger partial charge in [-0.25, -0.2) is 0 Å². The Kier molecular flexibility index (Phi) is 3.30. The summed E-state index contributed by atoms with van der Waals surface area (Å²) < 4.78 is 34.8. The fourth-order valence-electron chi connectivity index (χ4n) is 0.642. The van der Waals surface area contributed by atoms with Crippen LogP contribution >= 0.6 is 0 Å². The van der Waals surface area contributed by atoms with Crippen molar-refractivity contribution in [2.75, 3.05) is 20.0 Å². The SMILES string of the molecule is C#CC[NH+](C)C[B-](F)(F)F. The molecule has 0 fully saturated rings. The molecule has 0 aliphatic heterocycles. The van der Waals surface area contributed by atoms with Gasteiger partial charge in [-0.2, -0.15) is 0 Å². The van der Waals surface area contributed by atoms with E-state index in [1.807, 2.05) is 0 Å². The summed E-state index contributed by atoms with van der Waals surface area (Å²) in [5.41, 5.74) is 0. The molecule has 1 N–H and O–H groups in total. The maximum Gasteiger partial charge on any atom is 0.531 e. The van der Waals surface area contributed by atoms with Crippen LogP contribution in [0.4, 0.5) is 12.9 Å². The van der Waals surface area contributed by atoms with Gasteiger partial charge in [-0.15, -0.1) is 6.42 Å². The van der Waals surface area contributed by atoms with Gasteiger partial charge in [0, 0.05) is 0 Å². The molecule has 0 amide bonds. The fourth-order valence-corrected chi connectivity index (χ4v) is 0.642. The summed E-state index contributed by atoms with van der Waals surface area (Å²) >= 11 is 0. The molecule has 0 bridgehead atoms. The number of nitrogens with one attached hydrogen (secondary N) is 1. The number of hydrogen-bond acceptors (Lipinski definition) is 0. The molecule has 0 saturated carbocycles. The van der Waals surface area contributed by atoms with Crippen molar-refractivity contribution in [3.63, 3.8) is 0 Å². The van der Waals surface area contributed by atoms with Crippen LogP contribution in [0.5, 0.6) is 0 Å². The third-order valence-electron chi connectivity index (χ3n) is 0.984. The Bertz CT molecular complexity index is 137. The molecule has 0 heterocycles. The van der Waals surface area contributed by atoms with Crippen LogP contribution in [0.3, 0.4) is 0 Å². The smallest absolute Gasteiger partial charge is 0.445 e. The van der Waals surface area contributed by atoms with E-state index in [9.17, 15) is 12.9 Å². The van der Waals surface area contributed by atoms with Crippen molar-refractivity contribution >= 4 is 6.98 Å². The fraction of sp³-hybridized carbons (Fsp3) is 0.600. The van der Waals surface area contributed by atoms with Crippen LogP contribution in [-0.2, 0) is 0 Å². The van der Waals surface area contributed by atoms with E-state index in [1.165, 1.54) is 7.05 Å². The van der Waals surface area contributed by atoms with Gasteiger partial charge in [0.05, 0.1) is 13.5 Å². The van der Waals surface area contributed by atoms with Crippen molar-refractivity contribution in [2.45, 2.75) is 0 Å². The van der Waals surface area contributed by atoms with Crippen LogP contribution in [0.1, 0.15) is 0 Å². The lowest BCUT2D eigenvalue weighted by Crippen LogP contribution is -3.11. The van der Waals surface area contributed by atoms with E-state index < -0.39 is 13.4 Å². The molecule has 1 nitrogen and oxygen atoms in total. The Hall–Kier alpha value is -0.625. The minimum atomic E-state index is -4.69. The Morgan fingerprint density at radius 3 is 2.30 bits per heavy atom. The van der Waals surface area contributed by atoms with Gasteiger partial charge < -0.3 is 17.8 Å². The van der Waals surface area contributed by atoms with Gasteiger partial charge in [-0.1, -0.05) is 0 Å². The summed E-state index contributed by atoms with van der Waals surface area (Å²) in [5.74, 6) is 2.16. The summed E-state index contributed by atoms with van der Waals surface area (Å²) in [7, 11) is 1.43. The van der Waals surface area contributed by atoms with Crippen molar-refractivity contribution in [3.8, 4) is 12.3 Å². The summed E-state index contributed by atoms with van der Waals surface area (Å²) in [5, 5.41) is 0. The Morgan fingerprint density at radius 2 is 2.00 bits per heavy atom. The number of terminal acetylenes is 1. The van der Waals surface area contributed by atoms with E-state index in [-0.39, 0.29) is 6.54 Å². The van der Waals surface area contributed by atoms with E-state index in [0.717, 1.165) is 0 Å². The molecule has 0 aromatic carbocycles. The number of quaternary nitrogens is 1. The first kappa shape index (κ1) is 9.37. The van der Waals surface area contributed by atoms with Crippen LogP contribution in [0.25, 0.3) is 0 Å². The lowest BCUT2D eigenvalue weighted by atomic mass is 9.91. The van der Waals surface area contributed by atoms with Crippen molar-refractivity contribution in [3.05, 3.63) is 0 Å². The first-order chi connectivity index (χ1) is 4.45. The van der Waals surface area contributed by atoms with Crippen LogP contribution < -0.4 is 4.90 Å². The average Bonchev–Trinajstić information content (AvgIpc) is 1.59. The van der Waals surface area contributed by atoms with E-state index in [0.29, 0.717) is 4.90 Å². The minimum absolute atomic E-state index is 0.126. The second kappa shape index (κ2) is 3.52. The van der Waals surface area contributed by atoms with Crippen LogP contribution in [-0.4, -0.2) is 27.0 Å². The zero-order valence-electron chi connectivity index (χ0n) is 5.70. The molecule has 1 atom stereocenters. The van der Waals surface area contributed by atoms with Crippen LogP contribution in [0.2, 0.25) is 0 Å². The van der Waals surface area contributed by atoms with Gasteiger partial charge in [0.2, 0.25) is 0 Å². The summed E-state index contributed by atoms with van der Waals surface area (Å²) in [6.07, 6.45) is 4.02. The molecular formula is C5H9BF3N. The van der Waals surface area contributed by atoms with Crippen molar-refractivity contribution in [1.29, 1.82) is 0 Å². The Labute approximate surface area is 58.3 Å². The molecule has 0 aromatic rings. The predicted molar refractivity (Wildman–Crippen MR) is 34.5 cm³/mol. The zero-order chi connectivity index (χ0) is 8.20. The van der Waals surface area contributed by atoms with E-state index in [2.05, 4.69) is 5.92 Å². The van der Waals surface area contributed by atoms with Crippen molar-refractivity contribution < 1.29 is 17.8 Å². The standard InChI is InChI=1S/C5H8BF3N/c1-3-4-10(2)5-6(7,8)9/h1H,4-5H2,2H3/q-1/p+1. The molecule has 1 unspecified atom stereocenters. The van der Waals surface area contributed by atoms with Crippen molar-refractivity contribution in [2.24, 2.45) is 0 Å². The monoisotopic (exact) mass is 151 g/mol. The van der Waals surface area contributed by atoms with Crippen LogP contribution in [0.15, 0.2) is 0 Å². The number of hydrogen-bond donors (Lipinski definition) is 1.